The van der Waals surface area contributed by atoms with Crippen LogP contribution < -0.4 is 10.6 Å². The van der Waals surface area contributed by atoms with Gasteiger partial charge in [0.05, 0.1) is 0 Å². The summed E-state index contributed by atoms with van der Waals surface area (Å²) in [5.41, 5.74) is 5.02. The molecule has 0 aliphatic carbocycles. The quantitative estimate of drug-likeness (QED) is 0.751. The third-order valence-corrected chi connectivity index (χ3v) is 5.71. The molecule has 2 aromatic rings. The van der Waals surface area contributed by atoms with Crippen LogP contribution in [0.2, 0.25) is 0 Å². The maximum absolute atomic E-state index is 5.47. The van der Waals surface area contributed by atoms with E-state index < -0.39 is 0 Å². The molecular weight excluding hydrogens is 338 g/mol. The van der Waals surface area contributed by atoms with Crippen molar-refractivity contribution in [2.75, 3.05) is 25.0 Å². The van der Waals surface area contributed by atoms with Crippen LogP contribution in [-0.2, 0) is 0 Å². The van der Waals surface area contributed by atoms with Crippen molar-refractivity contribution in [3.8, 4) is 0 Å². The molecule has 2 aromatic carbocycles. The van der Waals surface area contributed by atoms with Crippen LogP contribution in [0.5, 0.6) is 0 Å². The molecule has 2 N–H and O–H groups in total. The van der Waals surface area contributed by atoms with Crippen molar-refractivity contribution >= 4 is 23.0 Å². The van der Waals surface area contributed by atoms with Crippen LogP contribution >= 0.6 is 12.2 Å². The zero-order valence-electron chi connectivity index (χ0n) is 16.0. The number of likely N-dealkylation sites (tertiary alicyclic amines) is 1. The summed E-state index contributed by atoms with van der Waals surface area (Å²) >= 11 is 5.47. The van der Waals surface area contributed by atoms with Crippen molar-refractivity contribution in [1.82, 2.24) is 10.2 Å². The SMILES string of the molecule is Cc1ccc(NC(=S)NC[C@H]2CCN([C@H](C)c3ccccc3)C2)cc1C. The molecule has 3 nitrogen and oxygen atoms in total. The summed E-state index contributed by atoms with van der Waals surface area (Å²) in [6.45, 7) is 9.75. The summed E-state index contributed by atoms with van der Waals surface area (Å²) in [6, 6.07) is 17.6. The van der Waals surface area contributed by atoms with Crippen molar-refractivity contribution in [1.29, 1.82) is 0 Å². The maximum Gasteiger partial charge on any atom is 0.170 e. The molecular formula is C22H29N3S. The summed E-state index contributed by atoms with van der Waals surface area (Å²) in [5.74, 6) is 0.640. The number of hydrogen-bond acceptors (Lipinski definition) is 2. The Hall–Kier alpha value is -1.91. The van der Waals surface area contributed by atoms with Gasteiger partial charge in [0, 0.05) is 24.8 Å². The van der Waals surface area contributed by atoms with Gasteiger partial charge >= 0.3 is 0 Å². The first-order valence-electron chi connectivity index (χ1n) is 9.44. The van der Waals surface area contributed by atoms with E-state index in [1.165, 1.54) is 23.1 Å². The lowest BCUT2D eigenvalue weighted by molar-refractivity contribution is 0.253. The second-order valence-electron chi connectivity index (χ2n) is 7.37. The van der Waals surface area contributed by atoms with Crippen molar-refractivity contribution in [2.24, 2.45) is 5.92 Å². The number of benzene rings is 2. The molecule has 1 aliphatic heterocycles. The molecule has 0 radical (unpaired) electrons. The molecule has 0 unspecified atom stereocenters. The van der Waals surface area contributed by atoms with Gasteiger partial charge in [-0.25, -0.2) is 0 Å². The summed E-state index contributed by atoms with van der Waals surface area (Å²) in [6.07, 6.45) is 1.22. The van der Waals surface area contributed by atoms with Gasteiger partial charge in [-0.2, -0.15) is 0 Å². The highest BCUT2D eigenvalue weighted by Gasteiger charge is 2.26. The van der Waals surface area contributed by atoms with E-state index >= 15 is 0 Å². The molecule has 0 bridgehead atoms. The third-order valence-electron chi connectivity index (χ3n) is 5.46. The van der Waals surface area contributed by atoms with Gasteiger partial charge in [-0.05, 0) is 80.7 Å². The average Bonchev–Trinajstić information content (AvgIpc) is 3.12. The lowest BCUT2D eigenvalue weighted by atomic mass is 10.1. The summed E-state index contributed by atoms with van der Waals surface area (Å²) in [7, 11) is 0. The summed E-state index contributed by atoms with van der Waals surface area (Å²) < 4.78 is 0. The average molecular weight is 368 g/mol. The van der Waals surface area contributed by atoms with Crippen molar-refractivity contribution in [2.45, 2.75) is 33.2 Å². The zero-order valence-corrected chi connectivity index (χ0v) is 16.8. The first kappa shape index (κ1) is 18.9. The smallest absolute Gasteiger partial charge is 0.170 e. The number of nitrogens with zero attached hydrogens (tertiary/aromatic N) is 1. The van der Waals surface area contributed by atoms with E-state index in [0.29, 0.717) is 17.1 Å². The van der Waals surface area contributed by atoms with E-state index in [4.69, 9.17) is 12.2 Å². The molecule has 0 aromatic heterocycles. The molecule has 1 aliphatic rings. The largest absolute Gasteiger partial charge is 0.362 e. The van der Waals surface area contributed by atoms with Gasteiger partial charge < -0.3 is 10.6 Å². The van der Waals surface area contributed by atoms with Crippen LogP contribution in [0.4, 0.5) is 5.69 Å². The zero-order chi connectivity index (χ0) is 18.5. The Labute approximate surface area is 162 Å². The minimum atomic E-state index is 0.474. The van der Waals surface area contributed by atoms with E-state index in [0.717, 1.165) is 25.3 Å². The van der Waals surface area contributed by atoms with E-state index in [1.54, 1.807) is 0 Å². The number of aryl methyl sites for hydroxylation is 2. The van der Waals surface area contributed by atoms with Crippen LogP contribution in [0.25, 0.3) is 0 Å². The fraction of sp³-hybridized carbons (Fsp3) is 0.409. The number of hydrogen-bond donors (Lipinski definition) is 2. The van der Waals surface area contributed by atoms with Gasteiger partial charge in [-0.1, -0.05) is 36.4 Å². The lowest BCUT2D eigenvalue weighted by Gasteiger charge is -2.25. The Morgan fingerprint density at radius 3 is 2.65 bits per heavy atom. The second kappa shape index (κ2) is 8.65. The van der Waals surface area contributed by atoms with E-state index in [9.17, 15) is 0 Å². The first-order chi connectivity index (χ1) is 12.5. The molecule has 1 heterocycles. The van der Waals surface area contributed by atoms with E-state index in [2.05, 4.69) is 84.8 Å². The van der Waals surface area contributed by atoms with Gasteiger partial charge in [-0.3, -0.25) is 4.90 Å². The van der Waals surface area contributed by atoms with Crippen LogP contribution in [0.3, 0.4) is 0 Å². The fourth-order valence-corrected chi connectivity index (χ4v) is 3.76. The van der Waals surface area contributed by atoms with Gasteiger partial charge in [0.1, 0.15) is 0 Å². The van der Waals surface area contributed by atoms with Gasteiger partial charge in [-0.15, -0.1) is 0 Å². The van der Waals surface area contributed by atoms with Gasteiger partial charge in [0.2, 0.25) is 0 Å². The Morgan fingerprint density at radius 2 is 1.92 bits per heavy atom. The molecule has 138 valence electrons. The highest BCUT2D eigenvalue weighted by Crippen LogP contribution is 2.26. The highest BCUT2D eigenvalue weighted by molar-refractivity contribution is 7.80. The number of thiocarbonyl (C=S) groups is 1. The minimum absolute atomic E-state index is 0.474. The molecule has 1 saturated heterocycles. The molecule has 0 amide bonds. The lowest BCUT2D eigenvalue weighted by Crippen LogP contribution is -2.34. The first-order valence-corrected chi connectivity index (χ1v) is 9.85. The van der Waals surface area contributed by atoms with Crippen molar-refractivity contribution in [3.63, 3.8) is 0 Å². The Balaban J connectivity index is 1.45. The number of nitrogens with one attached hydrogen (secondary N) is 2. The second-order valence-corrected chi connectivity index (χ2v) is 7.78. The molecule has 0 spiro atoms. The van der Waals surface area contributed by atoms with Crippen LogP contribution in [-0.4, -0.2) is 29.6 Å². The van der Waals surface area contributed by atoms with E-state index in [1.807, 2.05) is 0 Å². The molecule has 26 heavy (non-hydrogen) atoms. The summed E-state index contributed by atoms with van der Waals surface area (Å²) in [5, 5.41) is 7.41. The van der Waals surface area contributed by atoms with Crippen LogP contribution in [0.1, 0.15) is 36.1 Å². The fourth-order valence-electron chi connectivity index (χ4n) is 3.55. The number of rotatable bonds is 5. The Morgan fingerprint density at radius 1 is 1.15 bits per heavy atom. The van der Waals surface area contributed by atoms with Crippen molar-refractivity contribution in [3.05, 3.63) is 65.2 Å². The molecule has 0 saturated carbocycles. The predicted octanol–water partition coefficient (Wildman–Crippen LogP) is 4.67. The summed E-state index contributed by atoms with van der Waals surface area (Å²) in [4.78, 5) is 2.57. The van der Waals surface area contributed by atoms with Crippen LogP contribution in [0.15, 0.2) is 48.5 Å². The van der Waals surface area contributed by atoms with Crippen LogP contribution in [0, 0.1) is 19.8 Å². The molecule has 4 heteroatoms. The topological polar surface area (TPSA) is 27.3 Å². The Kier molecular flexibility index (Phi) is 6.28. The molecule has 3 rings (SSSR count). The van der Waals surface area contributed by atoms with Crippen molar-refractivity contribution < 1.29 is 0 Å². The predicted molar refractivity (Wildman–Crippen MR) is 115 cm³/mol. The third kappa shape index (κ3) is 4.83. The normalized spacial score (nSPS) is 18.5. The van der Waals surface area contributed by atoms with Gasteiger partial charge in [0.15, 0.2) is 5.11 Å². The molecule has 2 atom stereocenters. The van der Waals surface area contributed by atoms with Gasteiger partial charge in [0.25, 0.3) is 0 Å². The monoisotopic (exact) mass is 367 g/mol. The maximum atomic E-state index is 5.47. The minimum Gasteiger partial charge on any atom is -0.362 e. The van der Waals surface area contributed by atoms with E-state index in [-0.39, 0.29) is 0 Å². The number of anilines is 1. The Bertz CT molecular complexity index is 744. The molecule has 1 fully saturated rings. The highest BCUT2D eigenvalue weighted by atomic mass is 32.1. The standard InChI is InChI=1S/C22H29N3S/c1-16-9-10-21(13-17(16)2)24-22(26)23-14-19-11-12-25(15-19)18(3)20-7-5-4-6-8-20/h4-10,13,18-19H,11-12,14-15H2,1-3H3,(H2,23,24,26)/t18-,19-/m1/s1.